The molecule has 0 saturated carbocycles. The molecule has 0 aliphatic carbocycles. The Kier molecular flexibility index (Phi) is 6.51. The summed E-state index contributed by atoms with van der Waals surface area (Å²) in [5.41, 5.74) is 3.81. The monoisotopic (exact) mass is 432 g/mol. The van der Waals surface area contributed by atoms with Gasteiger partial charge in [-0.25, -0.2) is 4.98 Å². The molecular formula is C24H28N6O2. The van der Waals surface area contributed by atoms with Crippen molar-refractivity contribution in [1.82, 2.24) is 24.6 Å². The van der Waals surface area contributed by atoms with Crippen molar-refractivity contribution >= 4 is 22.9 Å². The third kappa shape index (κ3) is 4.50. The molecule has 4 rings (SSSR count). The first-order valence-corrected chi connectivity index (χ1v) is 10.8. The van der Waals surface area contributed by atoms with E-state index in [4.69, 9.17) is 4.74 Å². The molecule has 0 fully saturated rings. The zero-order valence-electron chi connectivity index (χ0n) is 18.6. The average molecular weight is 433 g/mol. The molecule has 0 spiro atoms. The van der Waals surface area contributed by atoms with Crippen LogP contribution >= 0.6 is 0 Å². The Morgan fingerprint density at radius 3 is 2.59 bits per heavy atom. The maximum absolute atomic E-state index is 13.0. The number of aromatic nitrogens is 4. The van der Waals surface area contributed by atoms with E-state index in [1.54, 1.807) is 13.2 Å². The summed E-state index contributed by atoms with van der Waals surface area (Å²) in [5, 5.41) is 10.1. The highest BCUT2D eigenvalue weighted by molar-refractivity contribution is 6.03. The normalized spacial score (nSPS) is 11.2. The number of hydrogen-bond acceptors (Lipinski definition) is 5. The number of amides is 1. The quantitative estimate of drug-likeness (QED) is 0.417. The summed E-state index contributed by atoms with van der Waals surface area (Å²) in [5.74, 6) is 1.02. The van der Waals surface area contributed by atoms with Gasteiger partial charge in [0.25, 0.3) is 5.91 Å². The number of benzene rings is 2. The standard InChI is InChI=1S/C24H28N6O2/c1-4-29(5-2)14-15-30-22-9-7-6-8-19(22)25-24(30)26-23(31)21-16-20(27-28-21)17-10-12-18(32-3)13-11-17/h6-13,16H,4-5,14-15H2,1-3H3,(H,27,28)(H,25,26,31). The number of nitrogens with one attached hydrogen (secondary N) is 2. The number of nitrogens with zero attached hydrogens (tertiary/aromatic N) is 4. The van der Waals surface area contributed by atoms with E-state index >= 15 is 0 Å². The number of carbonyl (C=O) groups excluding carboxylic acids is 1. The summed E-state index contributed by atoms with van der Waals surface area (Å²) >= 11 is 0. The van der Waals surface area contributed by atoms with Gasteiger partial charge in [0.1, 0.15) is 11.4 Å². The highest BCUT2D eigenvalue weighted by atomic mass is 16.5. The first-order valence-electron chi connectivity index (χ1n) is 10.8. The molecule has 8 heteroatoms. The smallest absolute Gasteiger partial charge is 0.275 e. The van der Waals surface area contributed by atoms with Crippen molar-refractivity contribution in [1.29, 1.82) is 0 Å². The maximum Gasteiger partial charge on any atom is 0.275 e. The zero-order valence-corrected chi connectivity index (χ0v) is 18.6. The number of H-pyrrole nitrogens is 1. The third-order valence-electron chi connectivity index (χ3n) is 5.62. The Morgan fingerprint density at radius 1 is 1.12 bits per heavy atom. The predicted molar refractivity (Wildman–Crippen MR) is 126 cm³/mol. The molecular weight excluding hydrogens is 404 g/mol. The molecule has 166 valence electrons. The Hall–Kier alpha value is -3.65. The first-order chi connectivity index (χ1) is 15.6. The highest BCUT2D eigenvalue weighted by Gasteiger charge is 2.17. The van der Waals surface area contributed by atoms with E-state index in [0.29, 0.717) is 17.3 Å². The van der Waals surface area contributed by atoms with Gasteiger partial charge >= 0.3 is 0 Å². The summed E-state index contributed by atoms with van der Waals surface area (Å²) in [7, 11) is 1.63. The number of rotatable bonds is 9. The van der Waals surface area contributed by atoms with Crippen LogP contribution in [0.5, 0.6) is 5.75 Å². The molecule has 0 radical (unpaired) electrons. The molecule has 0 atom stereocenters. The van der Waals surface area contributed by atoms with Crippen LogP contribution in [-0.2, 0) is 6.54 Å². The topological polar surface area (TPSA) is 88.1 Å². The minimum atomic E-state index is -0.281. The fourth-order valence-corrected chi connectivity index (χ4v) is 3.70. The molecule has 0 aliphatic heterocycles. The molecule has 2 aromatic carbocycles. The second kappa shape index (κ2) is 9.65. The number of imidazole rings is 1. The largest absolute Gasteiger partial charge is 0.497 e. The van der Waals surface area contributed by atoms with Crippen molar-refractivity contribution in [2.45, 2.75) is 20.4 Å². The van der Waals surface area contributed by atoms with Gasteiger partial charge in [-0.05, 0) is 55.6 Å². The number of methoxy groups -OCH3 is 1. The fraction of sp³-hybridized carbons (Fsp3) is 0.292. The van der Waals surface area contributed by atoms with Crippen molar-refractivity contribution in [2.24, 2.45) is 0 Å². The van der Waals surface area contributed by atoms with Gasteiger partial charge in [-0.2, -0.15) is 5.10 Å². The molecule has 8 nitrogen and oxygen atoms in total. The molecule has 0 aliphatic rings. The van der Waals surface area contributed by atoms with E-state index in [1.807, 2.05) is 48.5 Å². The number of ether oxygens (including phenoxy) is 1. The third-order valence-corrected chi connectivity index (χ3v) is 5.62. The molecule has 0 unspecified atom stereocenters. The van der Waals surface area contributed by atoms with Crippen LogP contribution in [0, 0.1) is 0 Å². The zero-order chi connectivity index (χ0) is 22.5. The summed E-state index contributed by atoms with van der Waals surface area (Å²) in [6.07, 6.45) is 0. The van der Waals surface area contributed by atoms with Crippen molar-refractivity contribution in [2.75, 3.05) is 32.1 Å². The molecule has 0 bridgehead atoms. The van der Waals surface area contributed by atoms with E-state index in [1.165, 1.54) is 0 Å². The Balaban J connectivity index is 1.55. The second-order valence-corrected chi connectivity index (χ2v) is 7.45. The minimum Gasteiger partial charge on any atom is -0.497 e. The van der Waals surface area contributed by atoms with Crippen LogP contribution in [0.3, 0.4) is 0 Å². The van der Waals surface area contributed by atoms with Gasteiger partial charge in [0, 0.05) is 18.7 Å². The lowest BCUT2D eigenvalue weighted by atomic mass is 10.1. The van der Waals surface area contributed by atoms with Crippen molar-refractivity contribution in [3.05, 3.63) is 60.3 Å². The van der Waals surface area contributed by atoms with Gasteiger partial charge in [-0.1, -0.05) is 26.0 Å². The number of aromatic amines is 1. The SMILES string of the molecule is CCN(CC)CCn1c(NC(=O)c2cc(-c3ccc(OC)cc3)n[nH]2)nc2ccccc21. The Labute approximate surface area is 187 Å². The van der Waals surface area contributed by atoms with Crippen LogP contribution in [0.15, 0.2) is 54.6 Å². The van der Waals surface area contributed by atoms with Crippen LogP contribution < -0.4 is 10.1 Å². The highest BCUT2D eigenvalue weighted by Crippen LogP contribution is 2.23. The molecule has 1 amide bonds. The molecule has 2 heterocycles. The van der Waals surface area contributed by atoms with Gasteiger partial charge in [-0.3, -0.25) is 15.2 Å². The predicted octanol–water partition coefficient (Wildman–Crippen LogP) is 4.03. The van der Waals surface area contributed by atoms with E-state index in [2.05, 4.69) is 43.8 Å². The molecule has 2 N–H and O–H groups in total. The van der Waals surface area contributed by atoms with E-state index in [9.17, 15) is 4.79 Å². The summed E-state index contributed by atoms with van der Waals surface area (Å²) < 4.78 is 7.26. The van der Waals surface area contributed by atoms with Crippen LogP contribution in [0.1, 0.15) is 24.3 Å². The van der Waals surface area contributed by atoms with Crippen molar-refractivity contribution in [3.8, 4) is 17.0 Å². The lowest BCUT2D eigenvalue weighted by molar-refractivity contribution is 0.102. The van der Waals surface area contributed by atoms with E-state index in [0.717, 1.165) is 48.5 Å². The van der Waals surface area contributed by atoms with Crippen LogP contribution in [-0.4, -0.2) is 57.3 Å². The van der Waals surface area contributed by atoms with Crippen molar-refractivity contribution < 1.29 is 9.53 Å². The van der Waals surface area contributed by atoms with Crippen LogP contribution in [0.25, 0.3) is 22.3 Å². The first kappa shape index (κ1) is 21.6. The van der Waals surface area contributed by atoms with Gasteiger partial charge in [-0.15, -0.1) is 0 Å². The minimum absolute atomic E-state index is 0.281. The van der Waals surface area contributed by atoms with Crippen LogP contribution in [0.2, 0.25) is 0 Å². The number of hydrogen-bond donors (Lipinski definition) is 2. The summed E-state index contributed by atoms with van der Waals surface area (Å²) in [6.45, 7) is 7.87. The molecule has 4 aromatic rings. The van der Waals surface area contributed by atoms with Gasteiger partial charge in [0.05, 0.1) is 23.8 Å². The number of fused-ring (bicyclic) bond motifs is 1. The maximum atomic E-state index is 13.0. The lowest BCUT2D eigenvalue weighted by Gasteiger charge is -2.19. The molecule has 0 saturated heterocycles. The fourth-order valence-electron chi connectivity index (χ4n) is 3.70. The van der Waals surface area contributed by atoms with Crippen LogP contribution in [0.4, 0.5) is 5.95 Å². The van der Waals surface area contributed by atoms with Gasteiger partial charge < -0.3 is 14.2 Å². The van der Waals surface area contributed by atoms with Crippen molar-refractivity contribution in [3.63, 3.8) is 0 Å². The summed E-state index contributed by atoms with van der Waals surface area (Å²) in [4.78, 5) is 20.0. The van der Waals surface area contributed by atoms with Gasteiger partial charge in [0.15, 0.2) is 0 Å². The van der Waals surface area contributed by atoms with Gasteiger partial charge in [0.2, 0.25) is 5.95 Å². The molecule has 2 aromatic heterocycles. The van der Waals surface area contributed by atoms with E-state index in [-0.39, 0.29) is 5.91 Å². The number of para-hydroxylation sites is 2. The number of anilines is 1. The number of likely N-dealkylation sites (N-methyl/N-ethyl adjacent to an activating group) is 1. The Morgan fingerprint density at radius 2 is 1.88 bits per heavy atom. The number of carbonyl (C=O) groups is 1. The lowest BCUT2D eigenvalue weighted by Crippen LogP contribution is -2.27. The molecule has 32 heavy (non-hydrogen) atoms. The summed E-state index contributed by atoms with van der Waals surface area (Å²) in [6, 6.07) is 17.2. The Bertz CT molecular complexity index is 1190. The van der Waals surface area contributed by atoms with E-state index < -0.39 is 0 Å². The average Bonchev–Trinajstić information content (AvgIpc) is 3.45. The second-order valence-electron chi connectivity index (χ2n) is 7.45.